The number of rotatable bonds is 5. The van der Waals surface area contributed by atoms with Gasteiger partial charge in [0.1, 0.15) is 17.2 Å². The van der Waals surface area contributed by atoms with Gasteiger partial charge in [-0.1, -0.05) is 24.3 Å². The SMILES string of the molecule is CCOC(=O)c1cccc(C(=O)Nc2cc(=O)n(-c3ccccc3)[nH]2)n1. The van der Waals surface area contributed by atoms with E-state index in [4.69, 9.17) is 4.74 Å². The first kappa shape index (κ1) is 17.2. The van der Waals surface area contributed by atoms with Gasteiger partial charge < -0.3 is 10.1 Å². The first-order valence-corrected chi connectivity index (χ1v) is 7.91. The molecule has 0 aliphatic carbocycles. The van der Waals surface area contributed by atoms with Gasteiger partial charge in [0.25, 0.3) is 11.5 Å². The van der Waals surface area contributed by atoms with Crippen LogP contribution in [0.15, 0.2) is 59.4 Å². The van der Waals surface area contributed by atoms with Crippen LogP contribution >= 0.6 is 0 Å². The zero-order valence-electron chi connectivity index (χ0n) is 13.9. The smallest absolute Gasteiger partial charge is 0.356 e. The molecule has 2 heterocycles. The standard InChI is InChI=1S/C18H16N4O4/c1-2-26-18(25)14-10-6-9-13(19-14)17(24)20-15-11-16(23)22(21-15)12-7-4-3-5-8-12/h3-11,21H,2H2,1H3,(H,20,24). The van der Waals surface area contributed by atoms with Gasteiger partial charge in [0.15, 0.2) is 0 Å². The van der Waals surface area contributed by atoms with Crippen molar-refractivity contribution in [2.45, 2.75) is 6.92 Å². The van der Waals surface area contributed by atoms with Crippen molar-refractivity contribution in [3.05, 3.63) is 76.3 Å². The number of nitrogens with zero attached hydrogens (tertiary/aromatic N) is 2. The van der Waals surface area contributed by atoms with Crippen LogP contribution in [-0.2, 0) is 4.74 Å². The van der Waals surface area contributed by atoms with Gasteiger partial charge in [-0.3, -0.25) is 14.7 Å². The third kappa shape index (κ3) is 3.69. The molecule has 132 valence electrons. The maximum absolute atomic E-state index is 12.3. The van der Waals surface area contributed by atoms with E-state index in [2.05, 4.69) is 15.4 Å². The molecular weight excluding hydrogens is 336 g/mol. The molecule has 2 aromatic heterocycles. The van der Waals surface area contributed by atoms with Gasteiger partial charge in [0, 0.05) is 6.07 Å². The highest BCUT2D eigenvalue weighted by molar-refractivity contribution is 6.03. The number of anilines is 1. The Labute approximate surface area is 148 Å². The first-order chi connectivity index (χ1) is 12.6. The van der Waals surface area contributed by atoms with Crippen LogP contribution in [0.1, 0.15) is 27.9 Å². The quantitative estimate of drug-likeness (QED) is 0.683. The number of pyridine rings is 1. The van der Waals surface area contributed by atoms with E-state index < -0.39 is 11.9 Å². The molecule has 0 atom stereocenters. The van der Waals surface area contributed by atoms with E-state index in [0.717, 1.165) is 0 Å². The zero-order chi connectivity index (χ0) is 18.5. The number of carbonyl (C=O) groups excluding carboxylic acids is 2. The molecule has 0 saturated heterocycles. The molecule has 8 nitrogen and oxygen atoms in total. The Bertz CT molecular complexity index is 992. The van der Waals surface area contributed by atoms with Gasteiger partial charge in [-0.2, -0.15) is 0 Å². The molecule has 1 amide bonds. The Morgan fingerprint density at radius 2 is 1.85 bits per heavy atom. The summed E-state index contributed by atoms with van der Waals surface area (Å²) in [6.07, 6.45) is 0. The van der Waals surface area contributed by atoms with Gasteiger partial charge in [-0.25, -0.2) is 14.5 Å². The summed E-state index contributed by atoms with van der Waals surface area (Å²) >= 11 is 0. The van der Waals surface area contributed by atoms with Crippen LogP contribution in [0.5, 0.6) is 0 Å². The topological polar surface area (TPSA) is 106 Å². The van der Waals surface area contributed by atoms with Gasteiger partial charge in [-0.05, 0) is 31.2 Å². The first-order valence-electron chi connectivity index (χ1n) is 7.91. The highest BCUT2D eigenvalue weighted by Gasteiger charge is 2.14. The Hall–Kier alpha value is -3.68. The fraction of sp³-hybridized carbons (Fsp3) is 0.111. The third-order valence-electron chi connectivity index (χ3n) is 3.45. The molecule has 0 spiro atoms. The number of para-hydroxylation sites is 1. The van der Waals surface area contributed by atoms with Crippen molar-refractivity contribution in [2.75, 3.05) is 11.9 Å². The molecule has 0 aliphatic heterocycles. The number of hydrogen-bond acceptors (Lipinski definition) is 5. The fourth-order valence-corrected chi connectivity index (χ4v) is 2.29. The van der Waals surface area contributed by atoms with Crippen LogP contribution in [0.3, 0.4) is 0 Å². The lowest BCUT2D eigenvalue weighted by molar-refractivity contribution is 0.0519. The second-order valence-electron chi connectivity index (χ2n) is 5.26. The Morgan fingerprint density at radius 1 is 1.12 bits per heavy atom. The van der Waals surface area contributed by atoms with Crippen LogP contribution < -0.4 is 10.9 Å². The number of ether oxygens (including phenoxy) is 1. The number of aromatic amines is 1. The number of esters is 1. The highest BCUT2D eigenvalue weighted by atomic mass is 16.5. The molecule has 0 unspecified atom stereocenters. The van der Waals surface area contributed by atoms with Crippen molar-refractivity contribution in [1.82, 2.24) is 14.8 Å². The lowest BCUT2D eigenvalue weighted by Gasteiger charge is -2.05. The van der Waals surface area contributed by atoms with Crippen molar-refractivity contribution >= 4 is 17.7 Å². The molecule has 0 bridgehead atoms. The maximum Gasteiger partial charge on any atom is 0.356 e. The zero-order valence-corrected chi connectivity index (χ0v) is 13.9. The van der Waals surface area contributed by atoms with E-state index in [1.54, 1.807) is 31.2 Å². The summed E-state index contributed by atoms with van der Waals surface area (Å²) in [5, 5.41) is 5.37. The van der Waals surface area contributed by atoms with E-state index >= 15 is 0 Å². The minimum absolute atomic E-state index is 0.0314. The Kier molecular flexibility index (Phi) is 4.93. The summed E-state index contributed by atoms with van der Waals surface area (Å²) in [4.78, 5) is 40.1. The summed E-state index contributed by atoms with van der Waals surface area (Å²) < 4.78 is 6.17. The number of aromatic nitrogens is 3. The van der Waals surface area contributed by atoms with Crippen LogP contribution in [0, 0.1) is 0 Å². The summed E-state index contributed by atoms with van der Waals surface area (Å²) in [6.45, 7) is 1.90. The number of nitrogens with one attached hydrogen (secondary N) is 2. The van der Waals surface area contributed by atoms with Gasteiger partial charge in [0.2, 0.25) is 0 Å². The minimum Gasteiger partial charge on any atom is -0.461 e. The predicted octanol–water partition coefficient (Wildman–Crippen LogP) is 1.99. The summed E-state index contributed by atoms with van der Waals surface area (Å²) in [7, 11) is 0. The number of amides is 1. The van der Waals surface area contributed by atoms with Crippen molar-refractivity contribution in [3.63, 3.8) is 0 Å². The van der Waals surface area contributed by atoms with Crippen LogP contribution in [0.25, 0.3) is 5.69 Å². The Morgan fingerprint density at radius 3 is 2.58 bits per heavy atom. The van der Waals surface area contributed by atoms with Crippen LogP contribution in [0.4, 0.5) is 5.82 Å². The summed E-state index contributed by atoms with van der Waals surface area (Å²) in [6, 6.07) is 14.7. The maximum atomic E-state index is 12.3. The van der Waals surface area contributed by atoms with Crippen molar-refractivity contribution in [2.24, 2.45) is 0 Å². The van der Waals surface area contributed by atoms with Crippen molar-refractivity contribution < 1.29 is 14.3 Å². The van der Waals surface area contributed by atoms with Crippen molar-refractivity contribution in [1.29, 1.82) is 0 Å². The number of H-pyrrole nitrogens is 1. The fourth-order valence-electron chi connectivity index (χ4n) is 2.29. The van der Waals surface area contributed by atoms with Crippen LogP contribution in [-0.4, -0.2) is 33.2 Å². The molecule has 0 saturated carbocycles. The van der Waals surface area contributed by atoms with E-state index in [0.29, 0.717) is 5.69 Å². The molecule has 3 aromatic rings. The normalized spacial score (nSPS) is 10.3. The van der Waals surface area contributed by atoms with E-state index in [1.807, 2.05) is 6.07 Å². The molecule has 1 aromatic carbocycles. The molecular formula is C18H16N4O4. The Balaban J connectivity index is 1.80. The second kappa shape index (κ2) is 7.47. The van der Waals surface area contributed by atoms with E-state index in [-0.39, 0.29) is 29.4 Å². The largest absolute Gasteiger partial charge is 0.461 e. The van der Waals surface area contributed by atoms with E-state index in [9.17, 15) is 14.4 Å². The van der Waals surface area contributed by atoms with Gasteiger partial charge >= 0.3 is 5.97 Å². The molecule has 3 rings (SSSR count). The minimum atomic E-state index is -0.606. The average molecular weight is 352 g/mol. The predicted molar refractivity (Wildman–Crippen MR) is 94.5 cm³/mol. The average Bonchev–Trinajstić information content (AvgIpc) is 3.03. The molecule has 0 radical (unpaired) electrons. The number of benzene rings is 1. The summed E-state index contributed by atoms with van der Waals surface area (Å²) in [5.74, 6) is -0.949. The van der Waals surface area contributed by atoms with Gasteiger partial charge in [-0.15, -0.1) is 0 Å². The third-order valence-corrected chi connectivity index (χ3v) is 3.45. The molecule has 26 heavy (non-hydrogen) atoms. The molecule has 2 N–H and O–H groups in total. The lowest BCUT2D eigenvalue weighted by atomic mass is 10.3. The highest BCUT2D eigenvalue weighted by Crippen LogP contribution is 2.08. The lowest BCUT2D eigenvalue weighted by Crippen LogP contribution is -2.16. The molecule has 0 fully saturated rings. The van der Waals surface area contributed by atoms with Gasteiger partial charge in [0.05, 0.1) is 12.3 Å². The molecule has 8 heteroatoms. The van der Waals surface area contributed by atoms with E-state index in [1.165, 1.54) is 28.9 Å². The second-order valence-corrected chi connectivity index (χ2v) is 5.26. The monoisotopic (exact) mass is 352 g/mol. The molecule has 0 aliphatic rings. The summed E-state index contributed by atoms with van der Waals surface area (Å²) in [5.41, 5.74) is 0.388. The number of hydrogen-bond donors (Lipinski definition) is 2. The van der Waals surface area contributed by atoms with Crippen LogP contribution in [0.2, 0.25) is 0 Å². The number of carbonyl (C=O) groups is 2. The van der Waals surface area contributed by atoms with Crippen molar-refractivity contribution in [3.8, 4) is 5.69 Å².